The number of pyridine rings is 1. The van der Waals surface area contributed by atoms with Gasteiger partial charge in [0.05, 0.1) is 24.0 Å². The Hall–Kier alpha value is -1.85. The van der Waals surface area contributed by atoms with Gasteiger partial charge in [-0.1, -0.05) is 0 Å². The molecule has 1 rings (SSSR count). The number of thioether (sulfide) groups is 1. The molecule has 0 aliphatic heterocycles. The van der Waals surface area contributed by atoms with E-state index >= 15 is 0 Å². The van der Waals surface area contributed by atoms with Crippen molar-refractivity contribution in [3.05, 3.63) is 24.5 Å². The number of aliphatic imine (C=N–C) groups is 1. The molecule has 1 aromatic rings. The van der Waals surface area contributed by atoms with Crippen molar-refractivity contribution in [1.82, 2.24) is 4.98 Å². The second-order valence-electron chi connectivity index (χ2n) is 2.56. The summed E-state index contributed by atoms with van der Waals surface area (Å²) < 4.78 is 0. The molecule has 0 saturated heterocycles. The highest BCUT2D eigenvalue weighted by Gasteiger charge is 2.13. The lowest BCUT2D eigenvalue weighted by Crippen LogP contribution is -2.05. The number of hydrogen-bond donors (Lipinski definition) is 0. The van der Waals surface area contributed by atoms with E-state index < -0.39 is 5.92 Å². The van der Waals surface area contributed by atoms with Crippen LogP contribution in [0, 0.1) is 28.6 Å². The van der Waals surface area contributed by atoms with Crippen molar-refractivity contribution in [1.29, 1.82) is 10.5 Å². The Kier molecular flexibility index (Phi) is 4.33. The van der Waals surface area contributed by atoms with Crippen LogP contribution in [0.5, 0.6) is 0 Å². The Morgan fingerprint density at radius 2 is 2.27 bits per heavy atom. The average molecular weight is 216 g/mol. The van der Waals surface area contributed by atoms with Gasteiger partial charge in [-0.15, -0.1) is 11.8 Å². The zero-order chi connectivity index (χ0) is 11.1. The Morgan fingerprint density at radius 1 is 1.53 bits per heavy atom. The van der Waals surface area contributed by atoms with Crippen molar-refractivity contribution in [3.8, 4) is 12.1 Å². The van der Waals surface area contributed by atoms with Gasteiger partial charge < -0.3 is 0 Å². The third kappa shape index (κ3) is 3.08. The van der Waals surface area contributed by atoms with Crippen molar-refractivity contribution in [2.45, 2.75) is 0 Å². The smallest absolute Gasteiger partial charge is 0.181 e. The molecule has 0 N–H and O–H groups in total. The molecule has 0 saturated carbocycles. The van der Waals surface area contributed by atoms with Crippen LogP contribution in [0.1, 0.15) is 0 Å². The maximum Gasteiger partial charge on any atom is 0.181 e. The molecule has 0 aromatic carbocycles. The van der Waals surface area contributed by atoms with E-state index in [4.69, 9.17) is 10.5 Å². The first-order chi connectivity index (χ1) is 7.31. The number of nitrogens with zero attached hydrogens (tertiary/aromatic N) is 4. The minimum atomic E-state index is -0.805. The first-order valence-corrected chi connectivity index (χ1v) is 5.36. The molecule has 0 radical (unpaired) electrons. The molecular formula is C10H8N4S. The predicted octanol–water partition coefficient (Wildman–Crippen LogP) is 2.14. The molecule has 15 heavy (non-hydrogen) atoms. The van der Waals surface area contributed by atoms with Gasteiger partial charge in [0, 0.05) is 6.20 Å². The lowest BCUT2D eigenvalue weighted by Gasteiger charge is -2.01. The van der Waals surface area contributed by atoms with Crippen LogP contribution < -0.4 is 0 Å². The van der Waals surface area contributed by atoms with Gasteiger partial charge in [0.1, 0.15) is 5.04 Å². The van der Waals surface area contributed by atoms with E-state index in [1.807, 2.05) is 12.1 Å². The van der Waals surface area contributed by atoms with Crippen LogP contribution in [-0.2, 0) is 0 Å². The molecule has 0 atom stereocenters. The largest absolute Gasteiger partial charge is 0.262 e. The van der Waals surface area contributed by atoms with Gasteiger partial charge in [0.15, 0.2) is 5.92 Å². The minimum absolute atomic E-state index is 0.494. The Labute approximate surface area is 92.3 Å². The Bertz CT molecular complexity index is 413. The molecule has 1 heterocycles. The predicted molar refractivity (Wildman–Crippen MR) is 59.6 cm³/mol. The molecule has 0 fully saturated rings. The van der Waals surface area contributed by atoms with Crippen molar-refractivity contribution >= 4 is 22.5 Å². The standard InChI is InChI=1S/C10H8N4S/c1-15-10(8(5-11)6-12)14-9-3-2-4-13-7-9/h2-4,7-8H,1H3. The van der Waals surface area contributed by atoms with Crippen molar-refractivity contribution in [2.75, 3.05) is 6.26 Å². The topological polar surface area (TPSA) is 72.8 Å². The molecule has 74 valence electrons. The van der Waals surface area contributed by atoms with E-state index in [1.54, 1.807) is 30.8 Å². The molecule has 5 heteroatoms. The number of aromatic nitrogens is 1. The number of nitriles is 2. The summed E-state index contributed by atoms with van der Waals surface area (Å²) in [5.41, 5.74) is 0.650. The quantitative estimate of drug-likeness (QED) is 0.560. The second kappa shape index (κ2) is 5.79. The van der Waals surface area contributed by atoms with Crippen molar-refractivity contribution in [3.63, 3.8) is 0 Å². The molecule has 0 bridgehead atoms. The minimum Gasteiger partial charge on any atom is -0.262 e. The summed E-state index contributed by atoms with van der Waals surface area (Å²) >= 11 is 1.30. The first kappa shape index (κ1) is 11.2. The van der Waals surface area contributed by atoms with E-state index in [2.05, 4.69) is 9.98 Å². The fraction of sp³-hybridized carbons (Fsp3) is 0.200. The average Bonchev–Trinajstić information content (AvgIpc) is 2.30. The first-order valence-electron chi connectivity index (χ1n) is 4.13. The zero-order valence-corrected chi connectivity index (χ0v) is 8.90. The highest BCUT2D eigenvalue weighted by atomic mass is 32.2. The molecule has 0 amide bonds. The van der Waals surface area contributed by atoms with Crippen LogP contribution in [0.2, 0.25) is 0 Å². The van der Waals surface area contributed by atoms with Gasteiger partial charge in [-0.25, -0.2) is 4.99 Å². The number of hydrogen-bond acceptors (Lipinski definition) is 5. The summed E-state index contributed by atoms with van der Waals surface area (Å²) in [6, 6.07) is 7.31. The summed E-state index contributed by atoms with van der Waals surface area (Å²) in [6.45, 7) is 0. The maximum atomic E-state index is 8.72. The highest BCUT2D eigenvalue weighted by molar-refractivity contribution is 8.13. The molecule has 0 spiro atoms. The van der Waals surface area contributed by atoms with Crippen molar-refractivity contribution < 1.29 is 0 Å². The van der Waals surface area contributed by atoms with E-state index in [0.29, 0.717) is 10.7 Å². The van der Waals surface area contributed by atoms with Crippen molar-refractivity contribution in [2.24, 2.45) is 10.9 Å². The van der Waals surface area contributed by atoms with Gasteiger partial charge in [-0.3, -0.25) is 4.98 Å². The van der Waals surface area contributed by atoms with Crippen LogP contribution >= 0.6 is 11.8 Å². The van der Waals surface area contributed by atoms with Crippen LogP contribution in [0.3, 0.4) is 0 Å². The van der Waals surface area contributed by atoms with Gasteiger partial charge in [-0.05, 0) is 18.4 Å². The zero-order valence-electron chi connectivity index (χ0n) is 8.08. The molecule has 0 unspecified atom stereocenters. The molecule has 4 nitrogen and oxygen atoms in total. The monoisotopic (exact) mass is 216 g/mol. The molecule has 1 aromatic heterocycles. The third-order valence-corrected chi connectivity index (χ3v) is 2.34. The molecular weight excluding hydrogens is 208 g/mol. The highest BCUT2D eigenvalue weighted by Crippen LogP contribution is 2.16. The van der Waals surface area contributed by atoms with Crippen LogP contribution in [0.15, 0.2) is 29.5 Å². The third-order valence-electron chi connectivity index (χ3n) is 1.60. The second-order valence-corrected chi connectivity index (χ2v) is 3.38. The van der Waals surface area contributed by atoms with E-state index in [-0.39, 0.29) is 0 Å². The van der Waals surface area contributed by atoms with Crippen LogP contribution in [-0.4, -0.2) is 16.3 Å². The Morgan fingerprint density at radius 3 is 2.73 bits per heavy atom. The molecule has 0 aliphatic carbocycles. The van der Waals surface area contributed by atoms with Gasteiger partial charge >= 0.3 is 0 Å². The normalized spacial score (nSPS) is 10.8. The fourth-order valence-electron chi connectivity index (χ4n) is 0.914. The Balaban J connectivity index is 2.99. The van der Waals surface area contributed by atoms with E-state index in [9.17, 15) is 0 Å². The maximum absolute atomic E-state index is 8.72. The summed E-state index contributed by atoms with van der Waals surface area (Å²) in [5.74, 6) is -0.805. The van der Waals surface area contributed by atoms with E-state index in [0.717, 1.165) is 0 Å². The van der Waals surface area contributed by atoms with Gasteiger partial charge in [-0.2, -0.15) is 10.5 Å². The summed E-state index contributed by atoms with van der Waals surface area (Å²) in [5, 5.41) is 17.9. The molecule has 0 aliphatic rings. The lowest BCUT2D eigenvalue weighted by molar-refractivity contribution is 1.16. The summed E-state index contributed by atoms with van der Waals surface area (Å²) in [7, 11) is 0. The SMILES string of the molecule is CSC(=Nc1cccnc1)C(C#N)C#N. The van der Waals surface area contributed by atoms with Gasteiger partial charge in [0.2, 0.25) is 0 Å². The van der Waals surface area contributed by atoms with Crippen LogP contribution in [0.4, 0.5) is 5.69 Å². The fourth-order valence-corrected chi connectivity index (χ4v) is 1.45. The lowest BCUT2D eigenvalue weighted by atomic mass is 10.2. The van der Waals surface area contributed by atoms with Gasteiger partial charge in [0.25, 0.3) is 0 Å². The van der Waals surface area contributed by atoms with E-state index in [1.165, 1.54) is 11.8 Å². The summed E-state index contributed by atoms with van der Waals surface area (Å²) in [4.78, 5) is 8.09. The van der Waals surface area contributed by atoms with Crippen LogP contribution in [0.25, 0.3) is 0 Å². The number of rotatable bonds is 2. The summed E-state index contributed by atoms with van der Waals surface area (Å²) in [6.07, 6.45) is 5.02.